The van der Waals surface area contributed by atoms with Crippen molar-refractivity contribution >= 4 is 28.8 Å². The maximum absolute atomic E-state index is 13.1. The number of rotatable bonds is 4. The summed E-state index contributed by atoms with van der Waals surface area (Å²) in [7, 11) is 0. The first-order chi connectivity index (χ1) is 15.4. The Hall–Kier alpha value is -3.42. The highest BCUT2D eigenvalue weighted by Gasteiger charge is 2.20. The van der Waals surface area contributed by atoms with Crippen LogP contribution in [-0.2, 0) is 6.54 Å². The van der Waals surface area contributed by atoms with Gasteiger partial charge in [0, 0.05) is 26.7 Å². The van der Waals surface area contributed by atoms with E-state index in [1.807, 2.05) is 50.2 Å². The van der Waals surface area contributed by atoms with Crippen LogP contribution in [-0.4, -0.2) is 24.6 Å². The van der Waals surface area contributed by atoms with Gasteiger partial charge in [-0.2, -0.15) is 9.61 Å². The van der Waals surface area contributed by atoms with Gasteiger partial charge in [0.1, 0.15) is 5.76 Å². The van der Waals surface area contributed by atoms with Crippen LogP contribution in [0.2, 0.25) is 10.0 Å². The van der Waals surface area contributed by atoms with Crippen molar-refractivity contribution in [1.82, 2.24) is 24.6 Å². The predicted octanol–water partition coefficient (Wildman–Crippen LogP) is 5.18. The minimum atomic E-state index is -0.349. The first-order valence-electron chi connectivity index (χ1n) is 9.85. The average molecular weight is 466 g/mol. The maximum Gasteiger partial charge on any atom is 0.367 e. The molecule has 0 fully saturated rings. The fraction of sp³-hybridized carbons (Fsp3) is 0.130. The summed E-state index contributed by atoms with van der Waals surface area (Å²) in [6.07, 6.45) is 1.67. The molecule has 0 radical (unpaired) electrons. The Kier molecular flexibility index (Phi) is 5.07. The number of halogens is 2. The summed E-state index contributed by atoms with van der Waals surface area (Å²) in [6.45, 7) is 3.88. The molecule has 5 rings (SSSR count). The quantitative estimate of drug-likeness (QED) is 0.365. The van der Waals surface area contributed by atoms with Crippen LogP contribution in [0.1, 0.15) is 17.0 Å². The van der Waals surface area contributed by atoms with E-state index >= 15 is 0 Å². The fourth-order valence-corrected chi connectivity index (χ4v) is 3.94. The van der Waals surface area contributed by atoms with E-state index in [2.05, 4.69) is 15.4 Å². The van der Waals surface area contributed by atoms with Gasteiger partial charge in [-0.25, -0.2) is 9.48 Å². The summed E-state index contributed by atoms with van der Waals surface area (Å²) in [4.78, 5) is 13.1. The Morgan fingerprint density at radius 2 is 1.56 bits per heavy atom. The molecule has 0 atom stereocenters. The number of nitrogens with zero attached hydrogens (tertiary/aromatic N) is 5. The predicted molar refractivity (Wildman–Crippen MR) is 123 cm³/mol. The molecule has 0 amide bonds. The summed E-state index contributed by atoms with van der Waals surface area (Å²) in [6, 6.07) is 14.9. The molecular weight excluding hydrogens is 449 g/mol. The van der Waals surface area contributed by atoms with Gasteiger partial charge >= 0.3 is 5.69 Å². The second-order valence-corrected chi connectivity index (χ2v) is 8.30. The third-order valence-corrected chi connectivity index (χ3v) is 5.89. The molecule has 7 nitrogen and oxygen atoms in total. The minimum Gasteiger partial charge on any atom is -0.361 e. The Bertz CT molecular complexity index is 1480. The lowest BCUT2D eigenvalue weighted by Gasteiger charge is -2.11. The van der Waals surface area contributed by atoms with E-state index in [9.17, 15) is 4.79 Å². The van der Waals surface area contributed by atoms with Gasteiger partial charge < -0.3 is 4.52 Å². The van der Waals surface area contributed by atoms with E-state index in [1.165, 1.54) is 9.20 Å². The monoisotopic (exact) mass is 465 g/mol. The molecule has 0 bridgehead atoms. The van der Waals surface area contributed by atoms with Crippen molar-refractivity contribution in [3.05, 3.63) is 92.3 Å². The molecule has 5 aromatic rings. The van der Waals surface area contributed by atoms with Crippen LogP contribution in [0.4, 0.5) is 0 Å². The van der Waals surface area contributed by atoms with Crippen molar-refractivity contribution in [3.8, 4) is 22.3 Å². The van der Waals surface area contributed by atoms with Gasteiger partial charge in [-0.1, -0.05) is 52.6 Å². The van der Waals surface area contributed by atoms with Crippen LogP contribution >= 0.6 is 23.2 Å². The second kappa shape index (κ2) is 7.93. The van der Waals surface area contributed by atoms with Crippen molar-refractivity contribution in [1.29, 1.82) is 0 Å². The summed E-state index contributed by atoms with van der Waals surface area (Å²) < 4.78 is 7.92. The number of benzene rings is 2. The van der Waals surface area contributed by atoms with Gasteiger partial charge in [0.05, 0.1) is 18.4 Å². The number of aryl methyl sites for hydroxylation is 2. The van der Waals surface area contributed by atoms with E-state index in [0.717, 1.165) is 33.5 Å². The van der Waals surface area contributed by atoms with Crippen molar-refractivity contribution in [3.63, 3.8) is 0 Å². The molecule has 3 aromatic heterocycles. The Morgan fingerprint density at radius 1 is 0.938 bits per heavy atom. The number of hydrogen-bond donors (Lipinski definition) is 0. The standard InChI is InChI=1S/C23H17Cl2N5O2/c1-13-20(14(2)32-28-13)12-29-23(31)30-22(27-29)21(16-5-9-18(25)10-6-16)19(11-26-30)15-3-7-17(24)8-4-15/h3-11H,12H2,1-2H3. The van der Waals surface area contributed by atoms with Crippen molar-refractivity contribution in [2.24, 2.45) is 0 Å². The third kappa shape index (κ3) is 3.49. The molecule has 0 aliphatic carbocycles. The zero-order valence-corrected chi connectivity index (χ0v) is 18.7. The van der Waals surface area contributed by atoms with Crippen LogP contribution in [0.3, 0.4) is 0 Å². The zero-order valence-electron chi connectivity index (χ0n) is 17.2. The Labute approximate surface area is 192 Å². The van der Waals surface area contributed by atoms with Crippen LogP contribution in [0, 0.1) is 13.8 Å². The molecule has 160 valence electrons. The Morgan fingerprint density at radius 3 is 2.16 bits per heavy atom. The van der Waals surface area contributed by atoms with Crippen molar-refractivity contribution in [2.75, 3.05) is 0 Å². The van der Waals surface area contributed by atoms with Gasteiger partial charge in [-0.3, -0.25) is 0 Å². The zero-order chi connectivity index (χ0) is 22.4. The smallest absolute Gasteiger partial charge is 0.361 e. The average Bonchev–Trinajstić information content (AvgIpc) is 3.28. The summed E-state index contributed by atoms with van der Waals surface area (Å²) in [5.41, 5.74) is 5.00. The first-order valence-corrected chi connectivity index (χ1v) is 10.6. The molecule has 0 aliphatic rings. The Balaban J connectivity index is 1.76. The van der Waals surface area contributed by atoms with Crippen LogP contribution in [0.5, 0.6) is 0 Å². The number of fused-ring (bicyclic) bond motifs is 1. The van der Waals surface area contributed by atoms with Crippen molar-refractivity contribution < 1.29 is 4.52 Å². The molecule has 32 heavy (non-hydrogen) atoms. The summed E-state index contributed by atoms with van der Waals surface area (Å²) in [5.74, 6) is 0.652. The SMILES string of the molecule is Cc1noc(C)c1Cn1nc2c(-c3ccc(Cl)cc3)c(-c3ccc(Cl)cc3)cnn2c1=O. The highest BCUT2D eigenvalue weighted by molar-refractivity contribution is 6.31. The largest absolute Gasteiger partial charge is 0.367 e. The van der Waals surface area contributed by atoms with Crippen LogP contribution in [0.25, 0.3) is 27.9 Å². The van der Waals surface area contributed by atoms with Gasteiger partial charge in [-0.05, 0) is 49.2 Å². The topological polar surface area (TPSA) is 78.2 Å². The molecule has 0 spiro atoms. The van der Waals surface area contributed by atoms with Crippen LogP contribution < -0.4 is 5.69 Å². The van der Waals surface area contributed by atoms with Gasteiger partial charge in [-0.15, -0.1) is 5.10 Å². The highest BCUT2D eigenvalue weighted by Crippen LogP contribution is 2.35. The molecule has 0 saturated carbocycles. The van der Waals surface area contributed by atoms with E-state index < -0.39 is 0 Å². The fourth-order valence-electron chi connectivity index (χ4n) is 3.69. The normalized spacial score (nSPS) is 11.4. The highest BCUT2D eigenvalue weighted by atomic mass is 35.5. The van der Waals surface area contributed by atoms with E-state index in [0.29, 0.717) is 21.5 Å². The number of hydrogen-bond acceptors (Lipinski definition) is 5. The summed E-state index contributed by atoms with van der Waals surface area (Å²) in [5, 5.41) is 14.3. The van der Waals surface area contributed by atoms with E-state index in [-0.39, 0.29) is 12.2 Å². The third-order valence-electron chi connectivity index (χ3n) is 5.39. The molecule has 0 aliphatic heterocycles. The minimum absolute atomic E-state index is 0.236. The molecular formula is C23H17Cl2N5O2. The lowest BCUT2D eigenvalue weighted by atomic mass is 9.97. The molecule has 3 heterocycles. The molecule has 0 N–H and O–H groups in total. The first kappa shape index (κ1) is 20.5. The molecule has 0 saturated heterocycles. The second-order valence-electron chi connectivity index (χ2n) is 7.43. The lowest BCUT2D eigenvalue weighted by molar-refractivity contribution is 0.391. The molecule has 2 aromatic carbocycles. The molecule has 9 heteroatoms. The van der Waals surface area contributed by atoms with E-state index in [4.69, 9.17) is 27.7 Å². The van der Waals surface area contributed by atoms with Gasteiger partial charge in [0.25, 0.3) is 0 Å². The number of aromatic nitrogens is 5. The maximum atomic E-state index is 13.1. The van der Waals surface area contributed by atoms with Gasteiger partial charge in [0.2, 0.25) is 0 Å². The van der Waals surface area contributed by atoms with Crippen LogP contribution in [0.15, 0.2) is 64.0 Å². The van der Waals surface area contributed by atoms with Crippen molar-refractivity contribution in [2.45, 2.75) is 20.4 Å². The summed E-state index contributed by atoms with van der Waals surface area (Å²) >= 11 is 12.2. The van der Waals surface area contributed by atoms with E-state index in [1.54, 1.807) is 18.3 Å². The van der Waals surface area contributed by atoms with Gasteiger partial charge in [0.15, 0.2) is 5.65 Å². The molecule has 0 unspecified atom stereocenters. The lowest BCUT2D eigenvalue weighted by Crippen LogP contribution is -2.23.